The average Bonchev–Trinajstić information content (AvgIpc) is 3.57. The monoisotopic (exact) mass is 544 g/mol. The van der Waals surface area contributed by atoms with E-state index in [0.29, 0.717) is 41.9 Å². The normalized spacial score (nSPS) is 12.4. The number of nitrogens with zero attached hydrogens (tertiary/aromatic N) is 4. The number of ether oxygens (including phenoxy) is 1. The largest absolute Gasteiger partial charge is 0.474 e. The number of carbonyl (C=O) groups excluding carboxylic acids is 2. The highest BCUT2D eigenvalue weighted by molar-refractivity contribution is 5.98. The first-order valence-corrected chi connectivity index (χ1v) is 13.4. The summed E-state index contributed by atoms with van der Waals surface area (Å²) in [5.74, 6) is 0.626. The van der Waals surface area contributed by atoms with Crippen molar-refractivity contribution in [3.8, 4) is 39.8 Å². The van der Waals surface area contributed by atoms with Crippen molar-refractivity contribution in [2.24, 2.45) is 0 Å². The van der Waals surface area contributed by atoms with Crippen LogP contribution in [0, 0.1) is 6.92 Å². The molecule has 2 N–H and O–H groups in total. The topological polar surface area (TPSA) is 113 Å². The molecule has 0 unspecified atom stereocenters. The zero-order valence-electron chi connectivity index (χ0n) is 22.5. The van der Waals surface area contributed by atoms with E-state index in [1.807, 2.05) is 73.7 Å². The molecule has 0 aliphatic carbocycles. The Morgan fingerprint density at radius 3 is 2.41 bits per heavy atom. The summed E-state index contributed by atoms with van der Waals surface area (Å²) < 4.78 is 5.84. The Bertz CT molecular complexity index is 1630. The van der Waals surface area contributed by atoms with Crippen molar-refractivity contribution in [1.29, 1.82) is 0 Å². The second-order valence-electron chi connectivity index (χ2n) is 9.63. The number of rotatable bonds is 7. The standard InChI is InChI=1S/C32H28N6O3/c1-21-24(27-19-26(22-9-4-2-5-10-22)36-30(37-27)23-11-6-3-7-12-23)20-35-32-29(21)38(17-18-41-32)28(39)14-16-34-31(40)25-13-8-15-33-25/h2-13,15,19-20,33H,14,16-18H2,1H3,(H,34,40). The van der Waals surface area contributed by atoms with Crippen LogP contribution in [0.1, 0.15) is 22.5 Å². The summed E-state index contributed by atoms with van der Waals surface area (Å²) in [7, 11) is 0. The maximum Gasteiger partial charge on any atom is 0.267 e. The molecule has 0 saturated heterocycles. The van der Waals surface area contributed by atoms with Crippen LogP contribution in [-0.2, 0) is 4.79 Å². The zero-order chi connectivity index (χ0) is 28.2. The molecule has 5 aromatic rings. The van der Waals surface area contributed by atoms with E-state index in [4.69, 9.17) is 14.7 Å². The molecule has 41 heavy (non-hydrogen) atoms. The van der Waals surface area contributed by atoms with Crippen molar-refractivity contribution >= 4 is 17.5 Å². The summed E-state index contributed by atoms with van der Waals surface area (Å²) in [5.41, 5.74) is 6.04. The van der Waals surface area contributed by atoms with Gasteiger partial charge in [0, 0.05) is 42.0 Å². The maximum absolute atomic E-state index is 13.4. The lowest BCUT2D eigenvalue weighted by Crippen LogP contribution is -2.40. The van der Waals surface area contributed by atoms with E-state index in [2.05, 4.69) is 15.3 Å². The number of carbonyl (C=O) groups is 2. The quantitative estimate of drug-likeness (QED) is 0.296. The Balaban J connectivity index is 1.34. The van der Waals surface area contributed by atoms with Gasteiger partial charge >= 0.3 is 0 Å². The molecule has 0 atom stereocenters. The van der Waals surface area contributed by atoms with Gasteiger partial charge in [-0.3, -0.25) is 9.59 Å². The van der Waals surface area contributed by atoms with Gasteiger partial charge in [-0.2, -0.15) is 0 Å². The molecule has 204 valence electrons. The number of hydrogen-bond acceptors (Lipinski definition) is 6. The third-order valence-electron chi connectivity index (χ3n) is 6.97. The van der Waals surface area contributed by atoms with E-state index in [0.717, 1.165) is 27.9 Å². The Labute approximate surface area is 237 Å². The number of pyridine rings is 1. The molecule has 1 aliphatic heterocycles. The van der Waals surface area contributed by atoms with Crippen LogP contribution in [0.2, 0.25) is 0 Å². The van der Waals surface area contributed by atoms with Crippen LogP contribution in [0.3, 0.4) is 0 Å². The molecule has 1 aliphatic rings. The predicted molar refractivity (Wildman–Crippen MR) is 156 cm³/mol. The van der Waals surface area contributed by atoms with Gasteiger partial charge in [-0.1, -0.05) is 60.7 Å². The van der Waals surface area contributed by atoms with Crippen molar-refractivity contribution in [3.05, 3.63) is 103 Å². The van der Waals surface area contributed by atoms with Gasteiger partial charge in [-0.25, -0.2) is 15.0 Å². The van der Waals surface area contributed by atoms with Gasteiger partial charge in [-0.15, -0.1) is 0 Å². The zero-order valence-corrected chi connectivity index (χ0v) is 22.5. The molecule has 0 fully saturated rings. The fourth-order valence-electron chi connectivity index (χ4n) is 4.89. The van der Waals surface area contributed by atoms with Crippen LogP contribution >= 0.6 is 0 Å². The van der Waals surface area contributed by atoms with E-state index >= 15 is 0 Å². The fraction of sp³-hybridized carbons (Fsp3) is 0.156. The lowest BCUT2D eigenvalue weighted by atomic mass is 10.0. The second-order valence-corrected chi connectivity index (χ2v) is 9.63. The maximum atomic E-state index is 13.4. The van der Waals surface area contributed by atoms with Crippen molar-refractivity contribution in [2.75, 3.05) is 24.6 Å². The molecule has 0 spiro atoms. The molecule has 9 nitrogen and oxygen atoms in total. The Kier molecular flexibility index (Phi) is 7.23. The number of nitrogens with one attached hydrogen (secondary N) is 2. The SMILES string of the molecule is Cc1c(-c2cc(-c3ccccc3)nc(-c3ccccc3)n2)cnc2c1N(C(=O)CCNC(=O)c1ccc[nH]1)CCO2. The van der Waals surface area contributed by atoms with Crippen LogP contribution in [-0.4, -0.2) is 51.4 Å². The number of H-pyrrole nitrogens is 1. The lowest BCUT2D eigenvalue weighted by molar-refractivity contribution is -0.118. The van der Waals surface area contributed by atoms with Gasteiger partial charge < -0.3 is 19.9 Å². The first-order chi connectivity index (χ1) is 20.1. The van der Waals surface area contributed by atoms with Gasteiger partial charge in [0.05, 0.1) is 17.9 Å². The van der Waals surface area contributed by atoms with Crippen LogP contribution < -0.4 is 15.0 Å². The molecule has 4 heterocycles. The van der Waals surface area contributed by atoms with Gasteiger partial charge in [0.2, 0.25) is 11.8 Å². The summed E-state index contributed by atoms with van der Waals surface area (Å²) in [6.07, 6.45) is 3.56. The average molecular weight is 545 g/mol. The minimum atomic E-state index is -0.252. The fourth-order valence-corrected chi connectivity index (χ4v) is 4.89. The van der Waals surface area contributed by atoms with Crippen LogP contribution in [0.15, 0.2) is 91.3 Å². The summed E-state index contributed by atoms with van der Waals surface area (Å²) in [6.45, 7) is 2.88. The predicted octanol–water partition coefficient (Wildman–Crippen LogP) is 5.05. The Morgan fingerprint density at radius 2 is 1.68 bits per heavy atom. The summed E-state index contributed by atoms with van der Waals surface area (Å²) in [4.78, 5) is 44.6. The van der Waals surface area contributed by atoms with Crippen LogP contribution in [0.4, 0.5) is 5.69 Å². The second kappa shape index (κ2) is 11.4. The molecule has 0 radical (unpaired) electrons. The molecule has 9 heteroatoms. The number of anilines is 1. The minimum absolute atomic E-state index is 0.124. The molecule has 6 rings (SSSR count). The molecule has 0 bridgehead atoms. The molecule has 2 aromatic carbocycles. The molecular weight excluding hydrogens is 516 g/mol. The Morgan fingerprint density at radius 1 is 0.951 bits per heavy atom. The highest BCUT2D eigenvalue weighted by Gasteiger charge is 2.28. The molecule has 0 saturated carbocycles. The third-order valence-corrected chi connectivity index (χ3v) is 6.97. The van der Waals surface area contributed by atoms with E-state index in [1.165, 1.54) is 0 Å². The smallest absolute Gasteiger partial charge is 0.267 e. The molecule has 3 aromatic heterocycles. The number of aromatic amines is 1. The van der Waals surface area contributed by atoms with Crippen molar-refractivity contribution < 1.29 is 14.3 Å². The van der Waals surface area contributed by atoms with Crippen LogP contribution in [0.25, 0.3) is 33.9 Å². The first kappa shape index (κ1) is 25.9. The van der Waals surface area contributed by atoms with E-state index in [1.54, 1.807) is 29.4 Å². The summed E-state index contributed by atoms with van der Waals surface area (Å²) in [6, 6.07) is 25.2. The number of fused-ring (bicyclic) bond motifs is 1. The minimum Gasteiger partial charge on any atom is -0.474 e. The van der Waals surface area contributed by atoms with Crippen molar-refractivity contribution in [1.82, 2.24) is 25.3 Å². The van der Waals surface area contributed by atoms with Gasteiger partial charge in [-0.05, 0) is 30.7 Å². The van der Waals surface area contributed by atoms with E-state index in [-0.39, 0.29) is 24.8 Å². The van der Waals surface area contributed by atoms with E-state index < -0.39 is 0 Å². The highest BCUT2D eigenvalue weighted by atomic mass is 16.5. The van der Waals surface area contributed by atoms with Gasteiger partial charge in [0.1, 0.15) is 18.0 Å². The number of amides is 2. The van der Waals surface area contributed by atoms with Crippen molar-refractivity contribution in [2.45, 2.75) is 13.3 Å². The summed E-state index contributed by atoms with van der Waals surface area (Å²) in [5, 5.41) is 2.79. The van der Waals surface area contributed by atoms with Crippen LogP contribution in [0.5, 0.6) is 5.88 Å². The third kappa shape index (κ3) is 5.42. The molecule has 2 amide bonds. The number of benzene rings is 2. The highest BCUT2D eigenvalue weighted by Crippen LogP contribution is 2.39. The van der Waals surface area contributed by atoms with E-state index in [9.17, 15) is 9.59 Å². The number of hydrogen-bond donors (Lipinski definition) is 2. The Hall–Kier alpha value is -5.31. The number of aromatic nitrogens is 4. The van der Waals surface area contributed by atoms with Gasteiger partial charge in [0.25, 0.3) is 5.91 Å². The van der Waals surface area contributed by atoms with Crippen molar-refractivity contribution in [3.63, 3.8) is 0 Å². The lowest BCUT2D eigenvalue weighted by Gasteiger charge is -2.31. The molecular formula is C32H28N6O3. The summed E-state index contributed by atoms with van der Waals surface area (Å²) >= 11 is 0. The van der Waals surface area contributed by atoms with Gasteiger partial charge in [0.15, 0.2) is 5.82 Å². The first-order valence-electron chi connectivity index (χ1n) is 13.4.